The molecule has 0 spiro atoms. The molecule has 0 aromatic heterocycles. The Labute approximate surface area is 129 Å². The van der Waals surface area contributed by atoms with E-state index in [0.29, 0.717) is 12.3 Å². The van der Waals surface area contributed by atoms with Crippen molar-refractivity contribution >= 4 is 11.7 Å². The molecule has 2 rings (SSSR count). The molecule has 0 aliphatic rings. The average molecular weight is 302 g/mol. The molecule has 0 bridgehead atoms. The first-order valence-electron chi connectivity index (χ1n) is 7.11. The fraction of sp³-hybridized carbons (Fsp3) is 0.235. The van der Waals surface area contributed by atoms with Crippen LogP contribution in [0.25, 0.3) is 0 Å². The summed E-state index contributed by atoms with van der Waals surface area (Å²) in [5.41, 5.74) is 2.35. The summed E-state index contributed by atoms with van der Waals surface area (Å²) < 4.78 is 18.5. The molecule has 0 unspecified atom stereocenters. The Morgan fingerprint density at radius 1 is 1.18 bits per heavy atom. The molecule has 2 aromatic carbocycles. The molecule has 5 heteroatoms. The highest BCUT2D eigenvalue weighted by molar-refractivity contribution is 5.89. The Morgan fingerprint density at radius 3 is 2.59 bits per heavy atom. The van der Waals surface area contributed by atoms with Gasteiger partial charge in [-0.25, -0.2) is 9.18 Å². The number of rotatable bonds is 5. The lowest BCUT2D eigenvalue weighted by molar-refractivity contribution is 0.251. The van der Waals surface area contributed by atoms with Gasteiger partial charge in [-0.05, 0) is 61.4 Å². The maximum absolute atomic E-state index is 13.2. The largest absolute Gasteiger partial charge is 0.494 e. The number of hydrogen-bond acceptors (Lipinski definition) is 2. The van der Waals surface area contributed by atoms with E-state index in [1.807, 2.05) is 13.8 Å². The maximum atomic E-state index is 13.2. The van der Waals surface area contributed by atoms with Gasteiger partial charge in [0.2, 0.25) is 0 Å². The second-order valence-corrected chi connectivity index (χ2v) is 4.84. The number of carbonyl (C=O) groups is 1. The van der Waals surface area contributed by atoms with Gasteiger partial charge in [-0.1, -0.05) is 6.07 Å². The lowest BCUT2D eigenvalue weighted by atomic mass is 10.1. The molecule has 2 amide bonds. The number of aryl methyl sites for hydroxylation is 1. The number of carbonyl (C=O) groups excluding carboxylic acids is 1. The van der Waals surface area contributed by atoms with Gasteiger partial charge in [0.05, 0.1) is 6.61 Å². The van der Waals surface area contributed by atoms with Gasteiger partial charge in [0, 0.05) is 12.2 Å². The van der Waals surface area contributed by atoms with Crippen LogP contribution in [-0.2, 0) is 6.54 Å². The van der Waals surface area contributed by atoms with Crippen LogP contribution >= 0.6 is 0 Å². The van der Waals surface area contributed by atoms with Gasteiger partial charge < -0.3 is 15.4 Å². The fourth-order valence-electron chi connectivity index (χ4n) is 1.98. The number of ether oxygens (including phenoxy) is 1. The normalized spacial score (nSPS) is 10.1. The number of hydrogen-bond donors (Lipinski definition) is 2. The first-order valence-corrected chi connectivity index (χ1v) is 7.11. The second-order valence-electron chi connectivity index (χ2n) is 4.84. The fourth-order valence-corrected chi connectivity index (χ4v) is 1.98. The van der Waals surface area contributed by atoms with Gasteiger partial charge in [-0.15, -0.1) is 0 Å². The summed E-state index contributed by atoms with van der Waals surface area (Å²) in [6.45, 7) is 4.65. The van der Waals surface area contributed by atoms with E-state index in [-0.39, 0.29) is 18.4 Å². The summed E-state index contributed by atoms with van der Waals surface area (Å²) in [4.78, 5) is 11.8. The van der Waals surface area contributed by atoms with E-state index >= 15 is 0 Å². The zero-order chi connectivity index (χ0) is 15.9. The molecular formula is C17H19FN2O2. The molecule has 0 radical (unpaired) electrons. The van der Waals surface area contributed by atoms with Crippen LogP contribution in [-0.4, -0.2) is 12.6 Å². The Morgan fingerprint density at radius 2 is 1.91 bits per heavy atom. The smallest absolute Gasteiger partial charge is 0.319 e. The van der Waals surface area contributed by atoms with Crippen LogP contribution in [0.15, 0.2) is 42.5 Å². The van der Waals surface area contributed by atoms with Crippen LogP contribution in [0.2, 0.25) is 0 Å². The molecule has 4 nitrogen and oxygen atoms in total. The van der Waals surface area contributed by atoms with Crippen molar-refractivity contribution in [3.8, 4) is 5.75 Å². The minimum atomic E-state index is -0.340. The maximum Gasteiger partial charge on any atom is 0.319 e. The number of halogens is 1. The minimum absolute atomic E-state index is 0.270. The summed E-state index contributed by atoms with van der Waals surface area (Å²) in [5, 5.41) is 5.42. The van der Waals surface area contributed by atoms with Gasteiger partial charge in [-0.3, -0.25) is 0 Å². The molecule has 2 aromatic rings. The Bertz CT molecular complexity index is 642. The average Bonchev–Trinajstić information content (AvgIpc) is 2.50. The van der Waals surface area contributed by atoms with Gasteiger partial charge >= 0.3 is 6.03 Å². The van der Waals surface area contributed by atoms with Crippen molar-refractivity contribution in [3.63, 3.8) is 0 Å². The van der Waals surface area contributed by atoms with Gasteiger partial charge in [0.1, 0.15) is 11.6 Å². The van der Waals surface area contributed by atoms with Gasteiger partial charge in [0.25, 0.3) is 0 Å². The highest BCUT2D eigenvalue weighted by atomic mass is 19.1. The second kappa shape index (κ2) is 7.45. The van der Waals surface area contributed by atoms with Crippen molar-refractivity contribution in [2.24, 2.45) is 0 Å². The molecular weight excluding hydrogens is 283 g/mol. The molecule has 0 atom stereocenters. The van der Waals surface area contributed by atoms with Crippen LogP contribution < -0.4 is 15.4 Å². The van der Waals surface area contributed by atoms with Crippen LogP contribution in [0.4, 0.5) is 14.9 Å². The molecule has 22 heavy (non-hydrogen) atoms. The van der Waals surface area contributed by atoms with Crippen LogP contribution in [0, 0.1) is 12.7 Å². The number of amides is 2. The molecule has 116 valence electrons. The monoisotopic (exact) mass is 302 g/mol. The van der Waals surface area contributed by atoms with Crippen molar-refractivity contribution in [2.45, 2.75) is 20.4 Å². The van der Waals surface area contributed by atoms with Crippen LogP contribution in [0.3, 0.4) is 0 Å². The van der Waals surface area contributed by atoms with E-state index < -0.39 is 0 Å². The zero-order valence-electron chi connectivity index (χ0n) is 12.7. The van der Waals surface area contributed by atoms with Crippen molar-refractivity contribution in [2.75, 3.05) is 11.9 Å². The van der Waals surface area contributed by atoms with E-state index in [1.54, 1.807) is 30.3 Å². The van der Waals surface area contributed by atoms with E-state index in [9.17, 15) is 9.18 Å². The van der Waals surface area contributed by atoms with E-state index in [2.05, 4.69) is 10.6 Å². The molecule has 2 N–H and O–H groups in total. The first-order chi connectivity index (χ1) is 10.6. The SMILES string of the molecule is CCOc1ccc(NC(=O)NCc2cc(F)ccc2C)cc1. The van der Waals surface area contributed by atoms with E-state index in [0.717, 1.165) is 16.9 Å². The third-order valence-electron chi connectivity index (χ3n) is 3.17. The van der Waals surface area contributed by atoms with Crippen molar-refractivity contribution in [3.05, 3.63) is 59.4 Å². The standard InChI is InChI=1S/C17H19FN2O2/c1-3-22-16-8-6-15(7-9-16)20-17(21)19-11-13-10-14(18)5-4-12(13)2/h4-10H,3,11H2,1-2H3,(H2,19,20,21). The molecule has 0 saturated heterocycles. The zero-order valence-corrected chi connectivity index (χ0v) is 12.7. The van der Waals surface area contributed by atoms with Crippen LogP contribution in [0.1, 0.15) is 18.1 Å². The topological polar surface area (TPSA) is 50.4 Å². The van der Waals surface area contributed by atoms with E-state index in [4.69, 9.17) is 4.74 Å². The third kappa shape index (κ3) is 4.48. The Hall–Kier alpha value is -2.56. The third-order valence-corrected chi connectivity index (χ3v) is 3.17. The highest BCUT2D eigenvalue weighted by Gasteiger charge is 2.05. The number of benzene rings is 2. The quantitative estimate of drug-likeness (QED) is 0.881. The molecule has 0 heterocycles. The Kier molecular flexibility index (Phi) is 5.36. The summed E-state index contributed by atoms with van der Waals surface area (Å²) in [5.74, 6) is 0.443. The van der Waals surface area contributed by atoms with E-state index in [1.165, 1.54) is 12.1 Å². The van der Waals surface area contributed by atoms with Crippen LogP contribution in [0.5, 0.6) is 5.75 Å². The molecule has 0 aliphatic heterocycles. The van der Waals surface area contributed by atoms with Crippen molar-refractivity contribution < 1.29 is 13.9 Å². The highest BCUT2D eigenvalue weighted by Crippen LogP contribution is 2.15. The van der Waals surface area contributed by atoms with Gasteiger partial charge in [-0.2, -0.15) is 0 Å². The minimum Gasteiger partial charge on any atom is -0.494 e. The van der Waals surface area contributed by atoms with Crippen molar-refractivity contribution in [1.82, 2.24) is 5.32 Å². The lowest BCUT2D eigenvalue weighted by Gasteiger charge is -2.10. The summed E-state index contributed by atoms with van der Waals surface area (Å²) >= 11 is 0. The molecule has 0 aliphatic carbocycles. The molecule has 0 saturated carbocycles. The summed E-state index contributed by atoms with van der Waals surface area (Å²) in [6.07, 6.45) is 0. The predicted molar refractivity (Wildman–Crippen MR) is 84.6 cm³/mol. The number of urea groups is 1. The van der Waals surface area contributed by atoms with Gasteiger partial charge in [0.15, 0.2) is 0 Å². The predicted octanol–water partition coefficient (Wildman–Crippen LogP) is 3.85. The summed E-state index contributed by atoms with van der Waals surface area (Å²) in [6, 6.07) is 11.3. The van der Waals surface area contributed by atoms with Crippen molar-refractivity contribution in [1.29, 1.82) is 0 Å². The lowest BCUT2D eigenvalue weighted by Crippen LogP contribution is -2.28. The Balaban J connectivity index is 1.88. The number of anilines is 1. The first kappa shape index (κ1) is 15.8. The number of nitrogens with one attached hydrogen (secondary N) is 2. The summed E-state index contributed by atoms with van der Waals surface area (Å²) in [7, 11) is 0. The molecule has 0 fully saturated rings.